The van der Waals surface area contributed by atoms with E-state index >= 15 is 0 Å². The Balaban J connectivity index is 1.07. The monoisotopic (exact) mass is 656 g/mol. The van der Waals surface area contributed by atoms with Gasteiger partial charge in [-0.25, -0.2) is 19.9 Å². The minimum atomic E-state index is 0.709. The van der Waals surface area contributed by atoms with Crippen LogP contribution in [-0.2, 0) is 0 Å². The lowest BCUT2D eigenvalue weighted by molar-refractivity contribution is 0.665. The predicted octanol–water partition coefficient (Wildman–Crippen LogP) is 9.48. The number of furan rings is 1. The van der Waals surface area contributed by atoms with Crippen molar-refractivity contribution in [3.63, 3.8) is 0 Å². The summed E-state index contributed by atoms with van der Waals surface area (Å²) in [5.41, 5.74) is 13.0. The molecule has 0 aliphatic rings. The van der Waals surface area contributed by atoms with Gasteiger partial charge in [0.15, 0.2) is 11.2 Å². The fraction of sp³-hybridized carbons (Fsp3) is 0. The lowest BCUT2D eigenvalue weighted by Gasteiger charge is -2.08. The molecule has 238 valence electrons. The maximum atomic E-state index is 6.24. The van der Waals surface area contributed by atoms with E-state index in [-0.39, 0.29) is 0 Å². The minimum absolute atomic E-state index is 0.709. The Morgan fingerprint density at radius 1 is 0.412 bits per heavy atom. The summed E-state index contributed by atoms with van der Waals surface area (Å²) < 4.78 is 10.7. The first kappa shape index (κ1) is 27.7. The Morgan fingerprint density at radius 3 is 1.35 bits per heavy atom. The molecule has 0 atom stereocenters. The number of rotatable bonds is 4. The molecule has 0 saturated carbocycles. The highest BCUT2D eigenvalue weighted by atomic mass is 16.3. The molecule has 11 aromatic rings. The summed E-state index contributed by atoms with van der Waals surface area (Å²) in [5.74, 6) is 0. The predicted molar refractivity (Wildman–Crippen MR) is 200 cm³/mol. The standard InChI is InChI=1S/C42H24N8O/c1-3-7-27(8-4-1)49-35-15-25(11-13-29(35)41-37(49)19-43-23-47-41)33-17-31-32-18-34(46-22-40(32)51-39(31)21-45-33)26-12-14-30-36(16-26)50(28-9-5-2-6-10-28)38-20-44-24-48-42(30)38/h1-24H. The van der Waals surface area contributed by atoms with E-state index in [1.165, 1.54) is 0 Å². The largest absolute Gasteiger partial charge is 0.453 e. The van der Waals surface area contributed by atoms with E-state index in [1.807, 2.05) is 48.8 Å². The minimum Gasteiger partial charge on any atom is -0.453 e. The number of pyridine rings is 2. The van der Waals surface area contributed by atoms with Crippen molar-refractivity contribution in [1.82, 2.24) is 39.0 Å². The molecule has 0 aliphatic heterocycles. The average Bonchev–Trinajstić information content (AvgIpc) is 3.85. The Morgan fingerprint density at radius 2 is 0.882 bits per heavy atom. The van der Waals surface area contributed by atoms with E-state index < -0.39 is 0 Å². The van der Waals surface area contributed by atoms with E-state index in [2.05, 4.69) is 102 Å². The number of hydrogen-bond acceptors (Lipinski definition) is 7. The topological polar surface area (TPSA) is 100 Å². The van der Waals surface area contributed by atoms with E-state index in [4.69, 9.17) is 14.4 Å². The number of hydrogen-bond donors (Lipinski definition) is 0. The third kappa shape index (κ3) is 4.15. The Bertz CT molecular complexity index is 2930. The summed E-state index contributed by atoms with van der Waals surface area (Å²) in [4.78, 5) is 27.6. The summed E-state index contributed by atoms with van der Waals surface area (Å²) in [7, 11) is 0. The fourth-order valence-electron chi connectivity index (χ4n) is 7.41. The second-order valence-electron chi connectivity index (χ2n) is 12.6. The Labute approximate surface area is 289 Å². The molecular formula is C42H24N8O. The zero-order valence-electron chi connectivity index (χ0n) is 26.8. The molecule has 0 aliphatic carbocycles. The van der Waals surface area contributed by atoms with E-state index in [1.54, 1.807) is 25.0 Å². The van der Waals surface area contributed by atoms with Crippen LogP contribution < -0.4 is 0 Å². The summed E-state index contributed by atoms with van der Waals surface area (Å²) in [6, 6.07) is 37.6. The molecule has 0 spiro atoms. The van der Waals surface area contributed by atoms with Gasteiger partial charge in [0.25, 0.3) is 0 Å². The molecule has 4 aromatic carbocycles. The van der Waals surface area contributed by atoms with E-state index in [0.717, 1.165) is 88.5 Å². The molecule has 0 saturated heterocycles. The lowest BCUT2D eigenvalue weighted by Crippen LogP contribution is -1.94. The van der Waals surface area contributed by atoms with Crippen molar-refractivity contribution in [2.45, 2.75) is 0 Å². The van der Waals surface area contributed by atoms with Crippen LogP contribution in [0.5, 0.6) is 0 Å². The highest BCUT2D eigenvalue weighted by Crippen LogP contribution is 2.38. The molecular weight excluding hydrogens is 633 g/mol. The molecule has 0 unspecified atom stereocenters. The van der Waals surface area contributed by atoms with Crippen LogP contribution in [-0.4, -0.2) is 39.0 Å². The molecule has 0 amide bonds. The fourth-order valence-corrected chi connectivity index (χ4v) is 7.41. The van der Waals surface area contributed by atoms with Crippen LogP contribution in [0.15, 0.2) is 151 Å². The second kappa shape index (κ2) is 10.6. The van der Waals surface area contributed by atoms with Crippen molar-refractivity contribution in [2.75, 3.05) is 0 Å². The number of nitrogens with zero attached hydrogens (tertiary/aromatic N) is 8. The maximum Gasteiger partial charge on any atom is 0.153 e. The maximum absolute atomic E-state index is 6.24. The van der Waals surface area contributed by atoms with Gasteiger partial charge in [-0.2, -0.15) is 0 Å². The van der Waals surface area contributed by atoms with Gasteiger partial charge in [-0.1, -0.05) is 48.5 Å². The Hall–Kier alpha value is -7.26. The van der Waals surface area contributed by atoms with Crippen LogP contribution in [0, 0.1) is 0 Å². The number of para-hydroxylation sites is 2. The third-order valence-corrected chi connectivity index (χ3v) is 9.72. The van der Waals surface area contributed by atoms with Crippen LogP contribution in [0.3, 0.4) is 0 Å². The van der Waals surface area contributed by atoms with Crippen LogP contribution in [0.4, 0.5) is 0 Å². The number of fused-ring (bicyclic) bond motifs is 9. The van der Waals surface area contributed by atoms with Gasteiger partial charge in [-0.05, 0) is 60.7 Å². The number of benzene rings is 4. The van der Waals surface area contributed by atoms with Gasteiger partial charge in [-0.15, -0.1) is 0 Å². The highest BCUT2D eigenvalue weighted by Gasteiger charge is 2.18. The van der Waals surface area contributed by atoms with Crippen LogP contribution in [0.2, 0.25) is 0 Å². The van der Waals surface area contributed by atoms with Crippen molar-refractivity contribution in [1.29, 1.82) is 0 Å². The van der Waals surface area contributed by atoms with Gasteiger partial charge in [0.2, 0.25) is 0 Å². The van der Waals surface area contributed by atoms with Gasteiger partial charge >= 0.3 is 0 Å². The van der Waals surface area contributed by atoms with Gasteiger partial charge in [-0.3, -0.25) is 9.97 Å². The van der Waals surface area contributed by atoms with Crippen LogP contribution >= 0.6 is 0 Å². The lowest BCUT2D eigenvalue weighted by atomic mass is 10.0. The Kier molecular flexibility index (Phi) is 5.76. The molecule has 11 rings (SSSR count). The highest BCUT2D eigenvalue weighted by molar-refractivity contribution is 6.10. The molecule has 0 radical (unpaired) electrons. The quantitative estimate of drug-likeness (QED) is 0.186. The van der Waals surface area contributed by atoms with Crippen molar-refractivity contribution < 1.29 is 4.42 Å². The first-order valence-corrected chi connectivity index (χ1v) is 16.6. The van der Waals surface area contributed by atoms with Crippen molar-refractivity contribution >= 4 is 65.8 Å². The second-order valence-corrected chi connectivity index (χ2v) is 12.6. The van der Waals surface area contributed by atoms with Crippen molar-refractivity contribution in [3.05, 3.63) is 147 Å². The molecule has 9 heteroatoms. The average molecular weight is 657 g/mol. The van der Waals surface area contributed by atoms with Gasteiger partial charge < -0.3 is 13.6 Å². The van der Waals surface area contributed by atoms with Gasteiger partial charge in [0.05, 0.1) is 69.3 Å². The summed E-state index contributed by atoms with van der Waals surface area (Å²) in [5, 5.41) is 4.06. The van der Waals surface area contributed by atoms with Gasteiger partial charge in [0.1, 0.15) is 12.7 Å². The van der Waals surface area contributed by atoms with Crippen molar-refractivity contribution in [2.24, 2.45) is 0 Å². The molecule has 0 N–H and O–H groups in total. The SMILES string of the molecule is c1ccc(-n2c3cc(-c4cc5c(cn4)oc4cnc(-c6ccc7c8ncncc8n(-c8ccccc8)c7c6)cc45)ccc3c3ncncc32)cc1. The third-order valence-electron chi connectivity index (χ3n) is 9.72. The number of aromatic nitrogens is 8. The van der Waals surface area contributed by atoms with E-state index in [0.29, 0.717) is 11.2 Å². The summed E-state index contributed by atoms with van der Waals surface area (Å²) in [6.07, 6.45) is 10.5. The molecule has 0 fully saturated rings. The van der Waals surface area contributed by atoms with E-state index in [9.17, 15) is 0 Å². The molecule has 7 aromatic heterocycles. The normalized spacial score (nSPS) is 11.9. The van der Waals surface area contributed by atoms with Gasteiger partial charge in [0, 0.05) is 44.0 Å². The molecule has 7 heterocycles. The van der Waals surface area contributed by atoms with Crippen LogP contribution in [0.25, 0.3) is 99.7 Å². The zero-order chi connectivity index (χ0) is 33.5. The first-order chi connectivity index (χ1) is 25.3. The molecule has 51 heavy (non-hydrogen) atoms. The summed E-state index contributed by atoms with van der Waals surface area (Å²) >= 11 is 0. The smallest absolute Gasteiger partial charge is 0.153 e. The summed E-state index contributed by atoms with van der Waals surface area (Å²) in [6.45, 7) is 0. The first-order valence-electron chi connectivity index (χ1n) is 16.6. The molecule has 0 bridgehead atoms. The molecule has 9 nitrogen and oxygen atoms in total. The zero-order valence-corrected chi connectivity index (χ0v) is 26.8. The van der Waals surface area contributed by atoms with Crippen molar-refractivity contribution in [3.8, 4) is 33.9 Å². The van der Waals surface area contributed by atoms with Crippen LogP contribution in [0.1, 0.15) is 0 Å².